The minimum Gasteiger partial charge on any atom is -0.497 e. The molecule has 0 bridgehead atoms. The highest BCUT2D eigenvalue weighted by Gasteiger charge is 2.09. The first-order chi connectivity index (χ1) is 12.1. The summed E-state index contributed by atoms with van der Waals surface area (Å²) in [6.07, 6.45) is 1.68. The normalized spacial score (nSPS) is 10.5. The summed E-state index contributed by atoms with van der Waals surface area (Å²) >= 11 is 0. The van der Waals surface area contributed by atoms with Crippen LogP contribution in [0.1, 0.15) is 21.8 Å². The Morgan fingerprint density at radius 3 is 2.88 bits per heavy atom. The zero-order valence-corrected chi connectivity index (χ0v) is 14.1. The Balaban J connectivity index is 1.74. The largest absolute Gasteiger partial charge is 0.497 e. The summed E-state index contributed by atoms with van der Waals surface area (Å²) in [6, 6.07) is 12.9. The number of nitrogens with two attached hydrogens (primary N) is 1. The Morgan fingerprint density at radius 2 is 2.12 bits per heavy atom. The first kappa shape index (κ1) is 16.6. The number of benzene rings is 2. The minimum absolute atomic E-state index is 0.396. The second-order valence-electron chi connectivity index (χ2n) is 5.60. The van der Waals surface area contributed by atoms with Gasteiger partial charge < -0.3 is 20.2 Å². The lowest BCUT2D eigenvalue weighted by Gasteiger charge is -2.09. The summed E-state index contributed by atoms with van der Waals surface area (Å²) < 4.78 is 11.0. The van der Waals surface area contributed by atoms with Gasteiger partial charge in [-0.25, -0.2) is 4.98 Å². The Morgan fingerprint density at radius 1 is 1.28 bits per heavy atom. The molecule has 3 N–H and O–H groups in total. The molecule has 0 saturated carbocycles. The number of amides is 1. The highest BCUT2D eigenvalue weighted by molar-refractivity contribution is 5.94. The zero-order valence-electron chi connectivity index (χ0n) is 14.1. The highest BCUT2D eigenvalue weighted by atomic mass is 16.5. The van der Waals surface area contributed by atoms with Crippen molar-refractivity contribution >= 4 is 11.6 Å². The Hall–Kier alpha value is -3.28. The number of aryl methyl sites for hydroxylation is 1. The van der Waals surface area contributed by atoms with Crippen LogP contribution in [0.4, 0.5) is 5.69 Å². The molecule has 0 radical (unpaired) electrons. The van der Waals surface area contributed by atoms with Crippen molar-refractivity contribution in [2.24, 2.45) is 5.73 Å². The molecule has 0 aliphatic carbocycles. The van der Waals surface area contributed by atoms with Crippen LogP contribution in [0.5, 0.6) is 5.75 Å². The number of nitrogens with one attached hydrogen (secondary N) is 1. The maximum absolute atomic E-state index is 11.3. The second kappa shape index (κ2) is 7.09. The van der Waals surface area contributed by atoms with Gasteiger partial charge in [0.1, 0.15) is 5.75 Å². The molecule has 3 aromatic rings. The molecular weight excluding hydrogens is 318 g/mol. The Labute approximate surface area is 145 Å². The van der Waals surface area contributed by atoms with Gasteiger partial charge in [-0.05, 0) is 36.8 Å². The van der Waals surface area contributed by atoms with Crippen LogP contribution in [-0.4, -0.2) is 18.0 Å². The molecule has 0 atom stereocenters. The molecule has 1 amide bonds. The van der Waals surface area contributed by atoms with Gasteiger partial charge in [0.25, 0.3) is 0 Å². The molecule has 0 saturated heterocycles. The van der Waals surface area contributed by atoms with Crippen molar-refractivity contribution in [2.75, 3.05) is 12.4 Å². The van der Waals surface area contributed by atoms with E-state index < -0.39 is 5.91 Å². The number of anilines is 1. The number of primary amides is 1. The lowest BCUT2D eigenvalue weighted by Crippen LogP contribution is -2.11. The molecule has 25 heavy (non-hydrogen) atoms. The van der Waals surface area contributed by atoms with Crippen LogP contribution in [0.15, 0.2) is 53.1 Å². The van der Waals surface area contributed by atoms with Gasteiger partial charge in [0.15, 0.2) is 5.76 Å². The van der Waals surface area contributed by atoms with Gasteiger partial charge in [0.05, 0.1) is 19.9 Å². The van der Waals surface area contributed by atoms with E-state index in [2.05, 4.69) is 10.3 Å². The molecule has 3 rings (SSSR count). The van der Waals surface area contributed by atoms with Crippen LogP contribution in [-0.2, 0) is 6.54 Å². The molecule has 1 aromatic heterocycles. The van der Waals surface area contributed by atoms with E-state index in [9.17, 15) is 4.79 Å². The molecule has 0 spiro atoms. The van der Waals surface area contributed by atoms with Gasteiger partial charge in [-0.2, -0.15) is 0 Å². The lowest BCUT2D eigenvalue weighted by atomic mass is 10.1. The van der Waals surface area contributed by atoms with Crippen LogP contribution in [0.25, 0.3) is 11.3 Å². The summed E-state index contributed by atoms with van der Waals surface area (Å²) in [4.78, 5) is 15.6. The smallest absolute Gasteiger partial charge is 0.248 e. The molecule has 6 nitrogen and oxygen atoms in total. The topological polar surface area (TPSA) is 90.4 Å². The molecule has 6 heteroatoms. The summed E-state index contributed by atoms with van der Waals surface area (Å²) in [5, 5.41) is 3.22. The summed E-state index contributed by atoms with van der Waals surface area (Å²) in [6.45, 7) is 2.34. The number of hydrogen-bond donors (Lipinski definition) is 2. The molecule has 1 heterocycles. The molecule has 0 fully saturated rings. The number of rotatable bonds is 6. The monoisotopic (exact) mass is 337 g/mol. The number of carbonyl (C=O) groups excluding carboxylic acids is 1. The van der Waals surface area contributed by atoms with E-state index in [4.69, 9.17) is 14.9 Å². The predicted molar refractivity (Wildman–Crippen MR) is 95.5 cm³/mol. The summed E-state index contributed by atoms with van der Waals surface area (Å²) in [7, 11) is 1.62. The van der Waals surface area contributed by atoms with Crippen LogP contribution < -0.4 is 15.8 Å². The molecule has 0 aliphatic rings. The first-order valence-corrected chi connectivity index (χ1v) is 7.80. The van der Waals surface area contributed by atoms with E-state index in [-0.39, 0.29) is 0 Å². The fourth-order valence-electron chi connectivity index (χ4n) is 2.44. The SMILES string of the molecule is COc1cccc(-c2cnc(CNc3cc(C(N)=O)ccc3C)o2)c1. The van der Waals surface area contributed by atoms with E-state index >= 15 is 0 Å². The van der Waals surface area contributed by atoms with Gasteiger partial charge in [-0.3, -0.25) is 4.79 Å². The standard InChI is InChI=1S/C19H19N3O3/c1-12-6-7-14(19(20)23)9-16(12)21-11-18-22-10-17(25-18)13-4-3-5-15(8-13)24-2/h3-10,21H,11H2,1-2H3,(H2,20,23). The van der Waals surface area contributed by atoms with Crippen LogP contribution in [0.2, 0.25) is 0 Å². The number of methoxy groups -OCH3 is 1. The van der Waals surface area contributed by atoms with Crippen molar-refractivity contribution < 1.29 is 13.9 Å². The summed E-state index contributed by atoms with van der Waals surface area (Å²) in [5.74, 6) is 1.51. The fourth-order valence-corrected chi connectivity index (χ4v) is 2.44. The van der Waals surface area contributed by atoms with E-state index in [1.54, 1.807) is 25.4 Å². The number of nitrogens with zero attached hydrogens (tertiary/aromatic N) is 1. The summed E-state index contributed by atoms with van der Waals surface area (Å²) in [5.41, 5.74) is 8.49. The van der Waals surface area contributed by atoms with Crippen molar-refractivity contribution in [3.63, 3.8) is 0 Å². The van der Waals surface area contributed by atoms with Crippen molar-refractivity contribution in [1.29, 1.82) is 0 Å². The quantitative estimate of drug-likeness (QED) is 0.720. The van der Waals surface area contributed by atoms with Crippen molar-refractivity contribution in [3.8, 4) is 17.1 Å². The van der Waals surface area contributed by atoms with Crippen molar-refractivity contribution in [3.05, 3.63) is 65.7 Å². The van der Waals surface area contributed by atoms with E-state index in [0.29, 0.717) is 23.8 Å². The fraction of sp³-hybridized carbons (Fsp3) is 0.158. The minimum atomic E-state index is -0.459. The Bertz CT molecular complexity index is 902. The third kappa shape index (κ3) is 3.80. The predicted octanol–water partition coefficient (Wildman–Crippen LogP) is 3.37. The Kier molecular flexibility index (Phi) is 4.70. The van der Waals surface area contributed by atoms with Crippen molar-refractivity contribution in [1.82, 2.24) is 4.98 Å². The molecule has 0 unspecified atom stereocenters. The third-order valence-corrected chi connectivity index (χ3v) is 3.86. The number of aromatic nitrogens is 1. The van der Waals surface area contributed by atoms with Gasteiger partial charge in [-0.15, -0.1) is 0 Å². The average molecular weight is 337 g/mol. The third-order valence-electron chi connectivity index (χ3n) is 3.86. The number of ether oxygens (including phenoxy) is 1. The maximum Gasteiger partial charge on any atom is 0.248 e. The van der Waals surface area contributed by atoms with Gasteiger partial charge >= 0.3 is 0 Å². The number of hydrogen-bond acceptors (Lipinski definition) is 5. The first-order valence-electron chi connectivity index (χ1n) is 7.80. The van der Waals surface area contributed by atoms with Crippen LogP contribution in [0, 0.1) is 6.92 Å². The maximum atomic E-state index is 11.3. The van der Waals surface area contributed by atoms with Gasteiger partial charge in [0.2, 0.25) is 11.8 Å². The van der Waals surface area contributed by atoms with Gasteiger partial charge in [-0.1, -0.05) is 18.2 Å². The van der Waals surface area contributed by atoms with Crippen LogP contribution >= 0.6 is 0 Å². The van der Waals surface area contributed by atoms with E-state index in [1.807, 2.05) is 37.3 Å². The van der Waals surface area contributed by atoms with Crippen LogP contribution in [0.3, 0.4) is 0 Å². The molecule has 2 aromatic carbocycles. The molecule has 128 valence electrons. The van der Waals surface area contributed by atoms with E-state index in [0.717, 1.165) is 22.6 Å². The van der Waals surface area contributed by atoms with Gasteiger partial charge in [0, 0.05) is 16.8 Å². The number of carbonyl (C=O) groups is 1. The second-order valence-corrected chi connectivity index (χ2v) is 5.60. The zero-order chi connectivity index (χ0) is 17.8. The lowest BCUT2D eigenvalue weighted by molar-refractivity contribution is 0.100. The molecule has 0 aliphatic heterocycles. The molecular formula is C19H19N3O3. The number of oxazole rings is 1. The average Bonchev–Trinajstić information content (AvgIpc) is 3.10. The highest BCUT2D eigenvalue weighted by Crippen LogP contribution is 2.25. The van der Waals surface area contributed by atoms with E-state index in [1.165, 1.54) is 0 Å². The van der Waals surface area contributed by atoms with Crippen molar-refractivity contribution in [2.45, 2.75) is 13.5 Å².